The van der Waals surface area contributed by atoms with E-state index < -0.39 is 10.0 Å². The highest BCUT2D eigenvalue weighted by molar-refractivity contribution is 7.89. The molecule has 0 spiro atoms. The number of nitrogens with one attached hydrogen (secondary N) is 1. The number of rotatable bonds is 5. The van der Waals surface area contributed by atoms with Crippen molar-refractivity contribution in [2.75, 3.05) is 6.54 Å². The zero-order valence-corrected chi connectivity index (χ0v) is 12.5. The van der Waals surface area contributed by atoms with Gasteiger partial charge in [-0.05, 0) is 32.4 Å². The molecule has 1 aromatic heterocycles. The fourth-order valence-electron chi connectivity index (χ4n) is 1.63. The second kappa shape index (κ2) is 5.81. The van der Waals surface area contributed by atoms with Gasteiger partial charge in [0.1, 0.15) is 0 Å². The van der Waals surface area contributed by atoms with Gasteiger partial charge in [-0.1, -0.05) is 17.7 Å². The van der Waals surface area contributed by atoms with E-state index in [1.54, 1.807) is 41.8 Å². The van der Waals surface area contributed by atoms with E-state index in [4.69, 9.17) is 0 Å². The molecule has 0 fully saturated rings. The number of sulfonamides is 1. The average molecular weight is 296 g/mol. The van der Waals surface area contributed by atoms with Gasteiger partial charge in [0.25, 0.3) is 0 Å². The first kappa shape index (κ1) is 14.2. The van der Waals surface area contributed by atoms with Crippen LogP contribution in [-0.2, 0) is 16.4 Å². The third-order valence-electron chi connectivity index (χ3n) is 2.66. The molecule has 0 aliphatic carbocycles. The summed E-state index contributed by atoms with van der Waals surface area (Å²) in [4.78, 5) is 5.53. The lowest BCUT2D eigenvalue weighted by Gasteiger charge is -2.06. The van der Waals surface area contributed by atoms with Crippen molar-refractivity contribution in [1.82, 2.24) is 9.71 Å². The average Bonchev–Trinajstić information content (AvgIpc) is 2.75. The molecule has 1 N–H and O–H groups in total. The molecule has 0 saturated heterocycles. The maximum Gasteiger partial charge on any atom is 0.240 e. The molecule has 4 nitrogen and oxygen atoms in total. The van der Waals surface area contributed by atoms with Crippen LogP contribution in [-0.4, -0.2) is 19.9 Å². The lowest BCUT2D eigenvalue weighted by Crippen LogP contribution is -2.25. The van der Waals surface area contributed by atoms with E-state index >= 15 is 0 Å². The molecule has 0 atom stereocenters. The van der Waals surface area contributed by atoms with E-state index in [1.807, 2.05) is 13.8 Å². The summed E-state index contributed by atoms with van der Waals surface area (Å²) in [5.74, 6) is 0. The molecule has 0 bridgehead atoms. The van der Waals surface area contributed by atoms with Crippen LogP contribution in [0.25, 0.3) is 0 Å². The van der Waals surface area contributed by atoms with Crippen LogP contribution in [0.2, 0.25) is 0 Å². The molecule has 0 saturated carbocycles. The molecule has 19 heavy (non-hydrogen) atoms. The van der Waals surface area contributed by atoms with Crippen LogP contribution in [0.15, 0.2) is 35.4 Å². The first-order valence-corrected chi connectivity index (χ1v) is 8.25. The minimum Gasteiger partial charge on any atom is -0.250 e. The summed E-state index contributed by atoms with van der Waals surface area (Å²) in [7, 11) is -3.41. The third kappa shape index (κ3) is 3.86. The van der Waals surface area contributed by atoms with Gasteiger partial charge in [-0.3, -0.25) is 0 Å². The van der Waals surface area contributed by atoms with E-state index in [0.29, 0.717) is 17.9 Å². The van der Waals surface area contributed by atoms with Gasteiger partial charge in [0.15, 0.2) is 0 Å². The summed E-state index contributed by atoms with van der Waals surface area (Å²) in [6.45, 7) is 4.25. The van der Waals surface area contributed by atoms with Gasteiger partial charge in [-0.15, -0.1) is 11.3 Å². The number of nitrogens with zero attached hydrogens (tertiary/aromatic N) is 1. The lowest BCUT2D eigenvalue weighted by molar-refractivity contribution is 0.582. The predicted molar refractivity (Wildman–Crippen MR) is 76.9 cm³/mol. The van der Waals surface area contributed by atoms with Crippen LogP contribution in [0.3, 0.4) is 0 Å². The zero-order valence-electron chi connectivity index (χ0n) is 10.9. The van der Waals surface area contributed by atoms with Crippen LogP contribution >= 0.6 is 11.3 Å². The minimum absolute atomic E-state index is 0.304. The van der Waals surface area contributed by atoms with Gasteiger partial charge in [-0.25, -0.2) is 18.1 Å². The smallest absolute Gasteiger partial charge is 0.240 e. The Kier molecular flexibility index (Phi) is 4.34. The van der Waals surface area contributed by atoms with Gasteiger partial charge in [0.2, 0.25) is 10.0 Å². The van der Waals surface area contributed by atoms with Gasteiger partial charge in [0.05, 0.1) is 9.90 Å². The molecule has 0 aliphatic rings. The summed E-state index contributed by atoms with van der Waals surface area (Å²) < 4.78 is 26.6. The second-order valence-corrected chi connectivity index (χ2v) is 7.39. The third-order valence-corrected chi connectivity index (χ3v) is 5.11. The molecule has 102 valence electrons. The highest BCUT2D eigenvalue weighted by Gasteiger charge is 2.12. The van der Waals surface area contributed by atoms with Crippen molar-refractivity contribution in [3.8, 4) is 0 Å². The molecule has 0 radical (unpaired) electrons. The monoisotopic (exact) mass is 296 g/mol. The van der Waals surface area contributed by atoms with Crippen molar-refractivity contribution in [2.24, 2.45) is 0 Å². The Balaban J connectivity index is 1.96. The van der Waals surface area contributed by atoms with Crippen molar-refractivity contribution in [1.29, 1.82) is 0 Å². The van der Waals surface area contributed by atoms with Crippen LogP contribution in [0.5, 0.6) is 0 Å². The van der Waals surface area contributed by atoms with Crippen molar-refractivity contribution >= 4 is 21.4 Å². The molecule has 0 unspecified atom stereocenters. The van der Waals surface area contributed by atoms with Gasteiger partial charge in [0, 0.05) is 17.6 Å². The quantitative estimate of drug-likeness (QED) is 0.921. The number of benzene rings is 1. The molecular weight excluding hydrogens is 280 g/mol. The largest absolute Gasteiger partial charge is 0.250 e. The van der Waals surface area contributed by atoms with Gasteiger partial charge in [-0.2, -0.15) is 0 Å². The second-order valence-electron chi connectivity index (χ2n) is 4.31. The topological polar surface area (TPSA) is 59.1 Å². The lowest BCUT2D eigenvalue weighted by atomic mass is 10.2. The first-order valence-electron chi connectivity index (χ1n) is 5.95. The predicted octanol–water partition coefficient (Wildman–Crippen LogP) is 2.28. The van der Waals surface area contributed by atoms with E-state index in [1.165, 1.54) is 0 Å². The maximum atomic E-state index is 12.0. The van der Waals surface area contributed by atoms with Crippen LogP contribution in [0.4, 0.5) is 0 Å². The number of aromatic nitrogens is 1. The minimum atomic E-state index is -3.41. The van der Waals surface area contributed by atoms with Crippen molar-refractivity contribution in [3.05, 3.63) is 45.9 Å². The van der Waals surface area contributed by atoms with Crippen LogP contribution in [0, 0.1) is 13.8 Å². The number of hydrogen-bond donors (Lipinski definition) is 1. The molecule has 2 rings (SSSR count). The first-order chi connectivity index (χ1) is 8.97. The highest BCUT2D eigenvalue weighted by Crippen LogP contribution is 2.13. The molecule has 0 aliphatic heterocycles. The Hall–Kier alpha value is -1.24. The molecule has 0 amide bonds. The number of aryl methyl sites for hydroxylation is 2. The Labute approximate surface area is 117 Å². The summed E-state index contributed by atoms with van der Waals surface area (Å²) in [5.41, 5.74) is 1.04. The van der Waals surface area contributed by atoms with Crippen LogP contribution < -0.4 is 4.72 Å². The molecular formula is C13H16N2O2S2. The maximum absolute atomic E-state index is 12.0. The Morgan fingerprint density at radius 3 is 2.47 bits per heavy atom. The Morgan fingerprint density at radius 1 is 1.21 bits per heavy atom. The summed E-state index contributed by atoms with van der Waals surface area (Å²) in [6, 6.07) is 6.82. The molecule has 1 aromatic carbocycles. The highest BCUT2D eigenvalue weighted by atomic mass is 32.2. The normalized spacial score (nSPS) is 11.7. The van der Waals surface area contributed by atoms with E-state index in [0.717, 1.165) is 15.4 Å². The number of thiazole rings is 1. The van der Waals surface area contributed by atoms with E-state index in [-0.39, 0.29) is 0 Å². The Morgan fingerprint density at radius 2 is 1.89 bits per heavy atom. The van der Waals surface area contributed by atoms with Crippen molar-refractivity contribution in [3.63, 3.8) is 0 Å². The fourth-order valence-corrected chi connectivity index (χ4v) is 3.46. The summed E-state index contributed by atoms with van der Waals surface area (Å²) in [6.07, 6.45) is 2.46. The Bertz CT molecular complexity index is 646. The molecule has 6 heteroatoms. The molecule has 1 heterocycles. The standard InChI is InChI=1S/C13H16N2O2S2/c1-10-3-5-13(6-4-10)19(16,17)15-8-7-12-9-14-11(2)18-12/h3-6,9,15H,7-8H2,1-2H3. The summed E-state index contributed by atoms with van der Waals surface area (Å²) >= 11 is 1.59. The van der Waals surface area contributed by atoms with Crippen molar-refractivity contribution < 1.29 is 8.42 Å². The van der Waals surface area contributed by atoms with E-state index in [9.17, 15) is 8.42 Å². The van der Waals surface area contributed by atoms with Gasteiger partial charge >= 0.3 is 0 Å². The fraction of sp³-hybridized carbons (Fsp3) is 0.308. The van der Waals surface area contributed by atoms with E-state index in [2.05, 4.69) is 9.71 Å². The SMILES string of the molecule is Cc1ccc(S(=O)(=O)NCCc2cnc(C)s2)cc1. The summed E-state index contributed by atoms with van der Waals surface area (Å²) in [5, 5.41) is 0.997. The van der Waals surface area contributed by atoms with Crippen molar-refractivity contribution in [2.45, 2.75) is 25.2 Å². The molecule has 2 aromatic rings. The van der Waals surface area contributed by atoms with Gasteiger partial charge < -0.3 is 0 Å². The van der Waals surface area contributed by atoms with Crippen LogP contribution in [0.1, 0.15) is 15.4 Å². The zero-order chi connectivity index (χ0) is 13.9. The number of hydrogen-bond acceptors (Lipinski definition) is 4.